The summed E-state index contributed by atoms with van der Waals surface area (Å²) in [6, 6.07) is 13.7. The number of carbonyl (C=O) groups is 2. The fourth-order valence-corrected chi connectivity index (χ4v) is 4.94. The SMILES string of the molecule is COC(=O)CCc1cc(Cl)c(OCCCOCCCOc2ccc(-c3nc4ccc(C(=O)OC)cc4o3)cc2Cl)c(Cl)c1. The minimum absolute atomic E-state index is 0.245. The summed E-state index contributed by atoms with van der Waals surface area (Å²) >= 11 is 19.1. The number of methoxy groups -OCH3 is 2. The van der Waals surface area contributed by atoms with Gasteiger partial charge >= 0.3 is 11.9 Å². The maximum absolute atomic E-state index is 11.8. The van der Waals surface area contributed by atoms with Crippen molar-refractivity contribution in [1.29, 1.82) is 0 Å². The quantitative estimate of drug-likeness (QED) is 0.0949. The molecular weight excluding hydrogens is 621 g/mol. The zero-order valence-corrected chi connectivity index (χ0v) is 25.9. The van der Waals surface area contributed by atoms with Gasteiger partial charge in [0.1, 0.15) is 11.3 Å². The molecule has 0 aliphatic heterocycles. The molecule has 0 spiro atoms. The van der Waals surface area contributed by atoms with Crippen LogP contribution < -0.4 is 9.47 Å². The predicted molar refractivity (Wildman–Crippen MR) is 164 cm³/mol. The number of ether oxygens (including phenoxy) is 5. The first-order valence-corrected chi connectivity index (χ1v) is 14.6. The van der Waals surface area contributed by atoms with Gasteiger partial charge < -0.3 is 28.1 Å². The van der Waals surface area contributed by atoms with E-state index in [1.54, 1.807) is 48.5 Å². The normalized spacial score (nSPS) is 11.0. The average molecular weight is 651 g/mol. The number of halogens is 3. The Kier molecular flexibility index (Phi) is 11.9. The number of hydrogen-bond donors (Lipinski definition) is 0. The number of hydrogen-bond acceptors (Lipinski definition) is 9. The summed E-state index contributed by atoms with van der Waals surface area (Å²) in [5.74, 6) is 0.569. The van der Waals surface area contributed by atoms with E-state index >= 15 is 0 Å². The molecule has 43 heavy (non-hydrogen) atoms. The average Bonchev–Trinajstić information content (AvgIpc) is 3.44. The molecule has 12 heteroatoms. The van der Waals surface area contributed by atoms with Gasteiger partial charge in [0.05, 0.1) is 48.1 Å². The van der Waals surface area contributed by atoms with Crippen molar-refractivity contribution in [3.05, 3.63) is 74.7 Å². The van der Waals surface area contributed by atoms with Crippen molar-refractivity contribution in [2.45, 2.75) is 25.7 Å². The van der Waals surface area contributed by atoms with Crippen LogP contribution in [0.15, 0.2) is 52.9 Å². The van der Waals surface area contributed by atoms with E-state index in [-0.39, 0.29) is 12.4 Å². The molecule has 0 aliphatic rings. The fourth-order valence-electron chi connectivity index (χ4n) is 4.07. The highest BCUT2D eigenvalue weighted by atomic mass is 35.5. The van der Waals surface area contributed by atoms with E-state index in [1.807, 2.05) is 0 Å². The molecule has 228 valence electrons. The minimum Gasteiger partial charge on any atom is -0.492 e. The lowest BCUT2D eigenvalue weighted by atomic mass is 10.1. The lowest BCUT2D eigenvalue weighted by molar-refractivity contribution is -0.140. The van der Waals surface area contributed by atoms with Crippen LogP contribution in [0.4, 0.5) is 0 Å². The van der Waals surface area contributed by atoms with Crippen molar-refractivity contribution in [3.8, 4) is 23.0 Å². The number of aryl methyl sites for hydroxylation is 1. The summed E-state index contributed by atoms with van der Waals surface area (Å²) in [6.45, 7) is 1.80. The summed E-state index contributed by atoms with van der Waals surface area (Å²) in [4.78, 5) is 27.6. The number of nitrogens with zero attached hydrogens (tertiary/aromatic N) is 1. The number of benzene rings is 3. The van der Waals surface area contributed by atoms with Gasteiger partial charge in [-0.1, -0.05) is 34.8 Å². The topological polar surface area (TPSA) is 106 Å². The number of fused-ring (bicyclic) bond motifs is 1. The predicted octanol–water partition coefficient (Wildman–Crippen LogP) is 7.60. The molecule has 0 amide bonds. The third kappa shape index (κ3) is 9.00. The van der Waals surface area contributed by atoms with Gasteiger partial charge in [-0.15, -0.1) is 0 Å². The Morgan fingerprint density at radius 2 is 1.53 bits per heavy atom. The minimum atomic E-state index is -0.451. The van der Waals surface area contributed by atoms with Crippen molar-refractivity contribution >= 4 is 57.8 Å². The van der Waals surface area contributed by atoms with Crippen LogP contribution in [0.1, 0.15) is 35.2 Å². The van der Waals surface area contributed by atoms with Gasteiger partial charge in [-0.2, -0.15) is 0 Å². The maximum Gasteiger partial charge on any atom is 0.337 e. The summed E-state index contributed by atoms with van der Waals surface area (Å²) < 4.78 is 32.4. The Balaban J connectivity index is 1.15. The highest BCUT2D eigenvalue weighted by Gasteiger charge is 2.14. The second kappa shape index (κ2) is 15.8. The number of oxazole rings is 1. The van der Waals surface area contributed by atoms with E-state index in [0.29, 0.717) is 100 Å². The molecular formula is C31H30Cl3NO8. The van der Waals surface area contributed by atoms with E-state index < -0.39 is 5.97 Å². The molecule has 0 N–H and O–H groups in total. The smallest absolute Gasteiger partial charge is 0.337 e. The summed E-state index contributed by atoms with van der Waals surface area (Å²) in [7, 11) is 2.67. The van der Waals surface area contributed by atoms with Gasteiger partial charge in [-0.05, 0) is 60.5 Å². The first kappa shape index (κ1) is 32.4. The molecule has 1 heterocycles. The standard InChI is InChI=1S/C31H30Cl3NO8/c1-38-28(36)10-5-19-15-23(33)29(24(34)16-19)42-14-4-12-40-11-3-13-41-26-9-7-20(17-22(26)32)30-35-25-8-6-21(31(37)39-2)18-27(25)43-30/h6-9,15-18H,3-5,10-14H2,1-2H3. The number of aromatic nitrogens is 1. The van der Waals surface area contributed by atoms with Crippen LogP contribution in [0.25, 0.3) is 22.6 Å². The van der Waals surface area contributed by atoms with E-state index in [2.05, 4.69) is 9.72 Å². The Bertz CT molecular complexity index is 1550. The summed E-state index contributed by atoms with van der Waals surface area (Å²) in [6.07, 6.45) is 2.03. The van der Waals surface area contributed by atoms with E-state index in [4.69, 9.17) is 58.2 Å². The lowest BCUT2D eigenvalue weighted by Crippen LogP contribution is -2.07. The molecule has 0 fully saturated rings. The van der Waals surface area contributed by atoms with Crippen LogP contribution in [0, 0.1) is 0 Å². The molecule has 0 saturated carbocycles. The highest BCUT2D eigenvalue weighted by molar-refractivity contribution is 6.37. The van der Waals surface area contributed by atoms with E-state index in [9.17, 15) is 9.59 Å². The van der Waals surface area contributed by atoms with Gasteiger partial charge in [0.25, 0.3) is 0 Å². The van der Waals surface area contributed by atoms with E-state index in [1.165, 1.54) is 14.2 Å². The third-order valence-corrected chi connectivity index (χ3v) is 7.12. The molecule has 4 rings (SSSR count). The van der Waals surface area contributed by atoms with E-state index in [0.717, 1.165) is 5.56 Å². The van der Waals surface area contributed by atoms with Gasteiger partial charge in [0.2, 0.25) is 5.89 Å². The summed E-state index contributed by atoms with van der Waals surface area (Å²) in [5, 5.41) is 1.20. The lowest BCUT2D eigenvalue weighted by Gasteiger charge is -2.12. The van der Waals surface area contributed by atoms with Crippen molar-refractivity contribution < 1.29 is 37.7 Å². The molecule has 4 aromatic rings. The molecule has 1 aromatic heterocycles. The second-order valence-corrected chi connectivity index (χ2v) is 10.5. The monoisotopic (exact) mass is 649 g/mol. The van der Waals surface area contributed by atoms with Gasteiger partial charge in [0.15, 0.2) is 11.3 Å². The van der Waals surface area contributed by atoms with Gasteiger partial charge in [-0.25, -0.2) is 9.78 Å². The zero-order chi connectivity index (χ0) is 30.8. The first-order chi connectivity index (χ1) is 20.8. The Morgan fingerprint density at radius 3 is 2.21 bits per heavy atom. The van der Waals surface area contributed by atoms with Crippen LogP contribution in [0.3, 0.4) is 0 Å². The highest BCUT2D eigenvalue weighted by Crippen LogP contribution is 2.35. The number of esters is 2. The van der Waals surface area contributed by atoms with Crippen molar-refractivity contribution in [1.82, 2.24) is 4.98 Å². The molecule has 0 aliphatic carbocycles. The molecule has 0 radical (unpaired) electrons. The fraction of sp³-hybridized carbons (Fsp3) is 0.323. The summed E-state index contributed by atoms with van der Waals surface area (Å²) in [5.41, 5.74) is 2.96. The molecule has 0 saturated heterocycles. The molecule has 9 nitrogen and oxygen atoms in total. The van der Waals surface area contributed by atoms with Crippen LogP contribution in [-0.2, 0) is 25.4 Å². The van der Waals surface area contributed by atoms with Crippen molar-refractivity contribution in [3.63, 3.8) is 0 Å². The molecule has 3 aromatic carbocycles. The third-order valence-electron chi connectivity index (χ3n) is 6.26. The van der Waals surface area contributed by atoms with Crippen LogP contribution in [0.5, 0.6) is 11.5 Å². The second-order valence-electron chi connectivity index (χ2n) is 9.32. The van der Waals surface area contributed by atoms with Crippen LogP contribution in [-0.4, -0.2) is 57.6 Å². The van der Waals surface area contributed by atoms with Crippen molar-refractivity contribution in [2.75, 3.05) is 40.6 Å². The largest absolute Gasteiger partial charge is 0.492 e. The Morgan fingerprint density at radius 1 is 0.814 bits per heavy atom. The number of rotatable bonds is 15. The molecule has 0 atom stereocenters. The van der Waals surface area contributed by atoms with Gasteiger partial charge in [-0.3, -0.25) is 4.79 Å². The maximum atomic E-state index is 11.8. The Hall–Kier alpha value is -3.50. The van der Waals surface area contributed by atoms with Crippen LogP contribution in [0.2, 0.25) is 15.1 Å². The van der Waals surface area contributed by atoms with Crippen LogP contribution >= 0.6 is 34.8 Å². The molecule has 0 bridgehead atoms. The molecule has 0 unspecified atom stereocenters. The first-order valence-electron chi connectivity index (χ1n) is 13.5. The Labute approximate surface area is 263 Å². The zero-order valence-electron chi connectivity index (χ0n) is 23.6. The number of carbonyl (C=O) groups excluding carboxylic acids is 2. The van der Waals surface area contributed by atoms with Gasteiger partial charge in [0, 0.05) is 38.0 Å². The van der Waals surface area contributed by atoms with Crippen molar-refractivity contribution in [2.24, 2.45) is 0 Å².